The number of carbonyl (C=O) groups is 1. The Morgan fingerprint density at radius 2 is 2.00 bits per heavy atom. The molecule has 0 aromatic carbocycles. The lowest BCUT2D eigenvalue weighted by atomic mass is 9.90. The van der Waals surface area contributed by atoms with Gasteiger partial charge in [0.25, 0.3) is 0 Å². The molecule has 6 heteroatoms. The quantitative estimate of drug-likeness (QED) is 0.833. The van der Waals surface area contributed by atoms with Crippen LogP contribution in [0.3, 0.4) is 0 Å². The number of aliphatic carboxylic acids is 1. The van der Waals surface area contributed by atoms with Crippen LogP contribution >= 0.6 is 0 Å². The third-order valence-corrected chi connectivity index (χ3v) is 5.88. The van der Waals surface area contributed by atoms with E-state index in [-0.39, 0.29) is 11.8 Å². The van der Waals surface area contributed by atoms with Crippen molar-refractivity contribution < 1.29 is 9.90 Å². The first-order valence-electron chi connectivity index (χ1n) is 9.57. The maximum atomic E-state index is 11.7. The molecule has 1 aliphatic heterocycles. The van der Waals surface area contributed by atoms with E-state index >= 15 is 0 Å². The Labute approximate surface area is 153 Å². The van der Waals surface area contributed by atoms with Crippen molar-refractivity contribution in [3.63, 3.8) is 0 Å². The highest BCUT2D eigenvalue weighted by atomic mass is 16.4. The lowest BCUT2D eigenvalue weighted by Crippen LogP contribution is -2.23. The average Bonchev–Trinajstić information content (AvgIpc) is 3.38. The zero-order chi connectivity index (χ0) is 17.9. The second-order valence-electron chi connectivity index (χ2n) is 7.74. The number of carboxylic acids is 1. The zero-order valence-corrected chi connectivity index (χ0v) is 15.0. The monoisotopic (exact) mass is 354 g/mol. The highest BCUT2D eigenvalue weighted by Gasteiger charge is 2.38. The maximum Gasteiger partial charge on any atom is 0.308 e. The number of imidazole rings is 1. The van der Waals surface area contributed by atoms with Crippen molar-refractivity contribution in [2.45, 2.75) is 44.6 Å². The van der Waals surface area contributed by atoms with Crippen LogP contribution in [0.4, 0.5) is 0 Å². The van der Waals surface area contributed by atoms with Gasteiger partial charge in [-0.05, 0) is 23.6 Å². The molecule has 2 N–H and O–H groups in total. The second kappa shape index (κ2) is 7.58. The Hall–Kier alpha value is -2.21. The first kappa shape index (κ1) is 17.2. The van der Waals surface area contributed by atoms with Crippen LogP contribution in [0.25, 0.3) is 0 Å². The topological polar surface area (TPSA) is 82.1 Å². The number of rotatable bonds is 6. The molecule has 1 saturated carbocycles. The molecular formula is C20H26N4O2. The summed E-state index contributed by atoms with van der Waals surface area (Å²) in [5, 5.41) is 9.63. The largest absolute Gasteiger partial charge is 0.481 e. The number of pyridine rings is 1. The summed E-state index contributed by atoms with van der Waals surface area (Å²) in [7, 11) is 0. The minimum absolute atomic E-state index is 0.0105. The first-order chi connectivity index (χ1) is 12.7. The molecule has 26 heavy (non-hydrogen) atoms. The fourth-order valence-corrected chi connectivity index (χ4v) is 4.53. The molecule has 2 aromatic rings. The van der Waals surface area contributed by atoms with E-state index in [0.717, 1.165) is 42.5 Å². The molecule has 6 nitrogen and oxygen atoms in total. The van der Waals surface area contributed by atoms with E-state index in [9.17, 15) is 9.90 Å². The molecule has 2 aromatic heterocycles. The number of likely N-dealkylation sites (tertiary alicyclic amines) is 1. The van der Waals surface area contributed by atoms with Gasteiger partial charge in [-0.25, -0.2) is 4.98 Å². The van der Waals surface area contributed by atoms with E-state index in [4.69, 9.17) is 0 Å². The van der Waals surface area contributed by atoms with Crippen molar-refractivity contribution >= 4 is 5.97 Å². The summed E-state index contributed by atoms with van der Waals surface area (Å²) >= 11 is 0. The summed E-state index contributed by atoms with van der Waals surface area (Å²) in [6.45, 7) is 2.04. The van der Waals surface area contributed by atoms with Gasteiger partial charge in [-0.1, -0.05) is 25.7 Å². The van der Waals surface area contributed by atoms with Crippen LogP contribution in [-0.2, 0) is 17.8 Å². The number of aromatic nitrogens is 3. The molecule has 138 valence electrons. The lowest BCUT2D eigenvalue weighted by Gasteiger charge is -2.15. The smallest absolute Gasteiger partial charge is 0.308 e. The van der Waals surface area contributed by atoms with Gasteiger partial charge in [0.15, 0.2) is 0 Å². The third-order valence-electron chi connectivity index (χ3n) is 5.88. The Morgan fingerprint density at radius 1 is 1.23 bits per heavy atom. The Balaban J connectivity index is 1.40. The zero-order valence-electron chi connectivity index (χ0n) is 15.0. The van der Waals surface area contributed by atoms with Gasteiger partial charge in [-0.15, -0.1) is 0 Å². The number of hydrogen-bond acceptors (Lipinski definition) is 4. The summed E-state index contributed by atoms with van der Waals surface area (Å²) < 4.78 is 0. The van der Waals surface area contributed by atoms with Gasteiger partial charge in [0.05, 0.1) is 5.92 Å². The van der Waals surface area contributed by atoms with E-state index in [1.165, 1.54) is 25.7 Å². The van der Waals surface area contributed by atoms with Gasteiger partial charge in [0.2, 0.25) is 0 Å². The summed E-state index contributed by atoms with van der Waals surface area (Å²) in [6.07, 6.45) is 11.8. The van der Waals surface area contributed by atoms with E-state index in [1.54, 1.807) is 12.4 Å². The molecule has 0 radical (unpaired) electrons. The molecule has 1 saturated heterocycles. The molecule has 2 fully saturated rings. The van der Waals surface area contributed by atoms with Crippen molar-refractivity contribution in [3.8, 4) is 0 Å². The summed E-state index contributed by atoms with van der Waals surface area (Å²) in [4.78, 5) is 26.0. The van der Waals surface area contributed by atoms with Crippen LogP contribution < -0.4 is 0 Å². The molecule has 4 rings (SSSR count). The van der Waals surface area contributed by atoms with Crippen LogP contribution in [0.2, 0.25) is 0 Å². The molecule has 0 unspecified atom stereocenters. The predicted molar refractivity (Wildman–Crippen MR) is 97.6 cm³/mol. The van der Waals surface area contributed by atoms with Crippen molar-refractivity contribution in [1.29, 1.82) is 0 Å². The fourth-order valence-electron chi connectivity index (χ4n) is 4.53. The molecule has 0 bridgehead atoms. The average molecular weight is 354 g/mol. The van der Waals surface area contributed by atoms with Crippen LogP contribution in [-0.4, -0.2) is 44.0 Å². The number of carboxylic acid groups (broad SMARTS) is 1. The summed E-state index contributed by atoms with van der Waals surface area (Å²) in [6, 6.07) is 3.86. The van der Waals surface area contributed by atoms with Gasteiger partial charge >= 0.3 is 5.97 Å². The standard InChI is InChI=1S/C20H26N4O2/c25-20(26)18-13-24(12-17(18)15-5-7-21-8-6-15)11-16-10-22-19(23-16)9-14-3-1-2-4-14/h5-8,10,14,17-18H,1-4,9,11-13H2,(H,22,23)(H,25,26)/t17-,18+/m0/s1. The fraction of sp³-hybridized carbons (Fsp3) is 0.550. The van der Waals surface area contributed by atoms with Crippen molar-refractivity contribution in [1.82, 2.24) is 19.9 Å². The molecule has 2 atom stereocenters. The number of H-pyrrole nitrogens is 1. The van der Waals surface area contributed by atoms with Gasteiger partial charge in [-0.3, -0.25) is 14.7 Å². The molecule has 1 aliphatic carbocycles. The van der Waals surface area contributed by atoms with Crippen LogP contribution in [0, 0.1) is 11.8 Å². The van der Waals surface area contributed by atoms with Gasteiger partial charge in [0.1, 0.15) is 5.82 Å². The van der Waals surface area contributed by atoms with E-state index < -0.39 is 5.97 Å². The van der Waals surface area contributed by atoms with Crippen LogP contribution in [0.5, 0.6) is 0 Å². The molecule has 2 aliphatic rings. The van der Waals surface area contributed by atoms with Crippen LogP contribution in [0.15, 0.2) is 30.7 Å². The number of nitrogens with zero attached hydrogens (tertiary/aromatic N) is 3. The van der Waals surface area contributed by atoms with Crippen molar-refractivity contribution in [2.75, 3.05) is 13.1 Å². The predicted octanol–water partition coefficient (Wildman–Crippen LogP) is 2.84. The third kappa shape index (κ3) is 3.80. The van der Waals surface area contributed by atoms with Crippen LogP contribution in [0.1, 0.15) is 48.7 Å². The molecular weight excluding hydrogens is 328 g/mol. The SMILES string of the molecule is O=C(O)[C@@H]1CN(Cc2cnc(CC3CCCC3)[nH]2)C[C@H]1c1ccncc1. The maximum absolute atomic E-state index is 11.7. The number of aromatic amines is 1. The second-order valence-corrected chi connectivity index (χ2v) is 7.74. The minimum Gasteiger partial charge on any atom is -0.481 e. The van der Waals surface area contributed by atoms with E-state index in [0.29, 0.717) is 6.54 Å². The summed E-state index contributed by atoms with van der Waals surface area (Å²) in [5.74, 6) is 0.760. The van der Waals surface area contributed by atoms with E-state index in [1.807, 2.05) is 18.3 Å². The molecule has 0 amide bonds. The van der Waals surface area contributed by atoms with Crippen molar-refractivity contribution in [3.05, 3.63) is 47.8 Å². The van der Waals surface area contributed by atoms with E-state index in [2.05, 4.69) is 19.9 Å². The Kier molecular flexibility index (Phi) is 5.02. The summed E-state index contributed by atoms with van der Waals surface area (Å²) in [5.41, 5.74) is 2.14. The van der Waals surface area contributed by atoms with Crippen molar-refractivity contribution in [2.24, 2.45) is 11.8 Å². The normalized spacial score (nSPS) is 24.3. The minimum atomic E-state index is -0.721. The number of nitrogens with one attached hydrogen (secondary N) is 1. The lowest BCUT2D eigenvalue weighted by molar-refractivity contribution is -0.141. The molecule has 0 spiro atoms. The van der Waals surface area contributed by atoms with Gasteiger partial charge in [-0.2, -0.15) is 0 Å². The first-order valence-corrected chi connectivity index (χ1v) is 9.57. The highest BCUT2D eigenvalue weighted by molar-refractivity contribution is 5.72. The Bertz CT molecular complexity index is 739. The number of hydrogen-bond donors (Lipinski definition) is 2. The van der Waals surface area contributed by atoms with Gasteiger partial charge < -0.3 is 10.1 Å². The highest BCUT2D eigenvalue weighted by Crippen LogP contribution is 2.33. The Morgan fingerprint density at radius 3 is 2.73 bits per heavy atom. The molecule has 3 heterocycles. The van der Waals surface area contributed by atoms with Gasteiger partial charge in [0, 0.05) is 56.3 Å².